The van der Waals surface area contributed by atoms with Crippen LogP contribution < -0.4 is 10.1 Å². The third kappa shape index (κ3) is 6.00. The van der Waals surface area contributed by atoms with Crippen LogP contribution in [0.1, 0.15) is 10.4 Å². The van der Waals surface area contributed by atoms with Crippen LogP contribution in [-0.4, -0.2) is 31.4 Å². The number of anilines is 1. The van der Waals surface area contributed by atoms with Crippen LogP contribution >= 0.6 is 15.9 Å². The van der Waals surface area contributed by atoms with E-state index in [1.807, 2.05) is 0 Å². The predicted octanol–water partition coefficient (Wildman–Crippen LogP) is 2.96. The quantitative estimate of drug-likeness (QED) is 0.561. The molecule has 0 spiro atoms. The van der Waals surface area contributed by atoms with E-state index in [0.29, 0.717) is 22.1 Å². The molecular formula is C17H13BrFNO5. The number of carbonyl (C=O) groups is 3. The first-order valence-corrected chi connectivity index (χ1v) is 7.86. The van der Waals surface area contributed by atoms with Crippen LogP contribution in [0, 0.1) is 5.82 Å². The third-order valence-electron chi connectivity index (χ3n) is 2.94. The summed E-state index contributed by atoms with van der Waals surface area (Å²) in [6.45, 7) is -0.970. The first-order valence-electron chi connectivity index (χ1n) is 7.06. The summed E-state index contributed by atoms with van der Waals surface area (Å²) in [6, 6.07) is 10.3. The third-order valence-corrected chi connectivity index (χ3v) is 3.44. The number of amides is 1. The Morgan fingerprint density at radius 3 is 2.48 bits per heavy atom. The molecular weight excluding hydrogens is 397 g/mol. The molecule has 0 atom stereocenters. The fraction of sp³-hybridized carbons (Fsp3) is 0.118. The Morgan fingerprint density at radius 2 is 1.84 bits per heavy atom. The highest BCUT2D eigenvalue weighted by molar-refractivity contribution is 9.10. The van der Waals surface area contributed by atoms with Crippen LogP contribution in [0.5, 0.6) is 5.75 Å². The van der Waals surface area contributed by atoms with Gasteiger partial charge in [-0.15, -0.1) is 0 Å². The summed E-state index contributed by atoms with van der Waals surface area (Å²) < 4.78 is 24.0. The van der Waals surface area contributed by atoms with E-state index in [4.69, 9.17) is 9.47 Å². The zero-order valence-electron chi connectivity index (χ0n) is 12.8. The van der Waals surface area contributed by atoms with Gasteiger partial charge >= 0.3 is 5.97 Å². The van der Waals surface area contributed by atoms with Crippen LogP contribution in [0.2, 0.25) is 0 Å². The van der Waals surface area contributed by atoms with Crippen molar-refractivity contribution >= 4 is 39.8 Å². The molecule has 2 rings (SSSR count). The normalized spacial score (nSPS) is 10.0. The van der Waals surface area contributed by atoms with Crippen molar-refractivity contribution in [3.8, 4) is 5.75 Å². The van der Waals surface area contributed by atoms with Gasteiger partial charge < -0.3 is 14.8 Å². The van der Waals surface area contributed by atoms with Crippen molar-refractivity contribution in [2.45, 2.75) is 0 Å². The van der Waals surface area contributed by atoms with E-state index in [-0.39, 0.29) is 5.69 Å². The summed E-state index contributed by atoms with van der Waals surface area (Å²) in [4.78, 5) is 33.7. The van der Waals surface area contributed by atoms with Gasteiger partial charge in [0.2, 0.25) is 0 Å². The Labute approximate surface area is 151 Å². The highest BCUT2D eigenvalue weighted by Crippen LogP contribution is 2.19. The first kappa shape index (κ1) is 18.6. The van der Waals surface area contributed by atoms with Crippen LogP contribution in [0.4, 0.5) is 10.1 Å². The summed E-state index contributed by atoms with van der Waals surface area (Å²) in [5.41, 5.74) is 0.461. The minimum Gasteiger partial charge on any atom is -0.482 e. The van der Waals surface area contributed by atoms with Gasteiger partial charge in [0.15, 0.2) is 13.2 Å². The van der Waals surface area contributed by atoms with Gasteiger partial charge in [-0.05, 0) is 42.5 Å². The number of carbonyl (C=O) groups excluding carboxylic acids is 3. The summed E-state index contributed by atoms with van der Waals surface area (Å²) in [7, 11) is 0. The van der Waals surface area contributed by atoms with E-state index < -0.39 is 30.9 Å². The highest BCUT2D eigenvalue weighted by Gasteiger charge is 2.11. The van der Waals surface area contributed by atoms with E-state index >= 15 is 0 Å². The molecule has 130 valence electrons. The average Bonchev–Trinajstić information content (AvgIpc) is 2.61. The molecule has 1 N–H and O–H groups in total. The minimum atomic E-state index is -0.758. The second-order valence-electron chi connectivity index (χ2n) is 4.81. The fourth-order valence-electron chi connectivity index (χ4n) is 1.75. The van der Waals surface area contributed by atoms with Gasteiger partial charge in [-0.2, -0.15) is 0 Å². The topological polar surface area (TPSA) is 81.7 Å². The summed E-state index contributed by atoms with van der Waals surface area (Å²) in [6.07, 6.45) is 0.685. The fourth-order valence-corrected chi connectivity index (χ4v) is 2.08. The van der Waals surface area contributed by atoms with E-state index in [9.17, 15) is 18.8 Å². The van der Waals surface area contributed by atoms with Crippen LogP contribution in [0.15, 0.2) is 46.9 Å². The molecule has 25 heavy (non-hydrogen) atoms. The summed E-state index contributed by atoms with van der Waals surface area (Å²) in [5.74, 6) is -1.67. The zero-order valence-corrected chi connectivity index (χ0v) is 14.4. The number of benzene rings is 2. The number of halogens is 2. The maximum absolute atomic E-state index is 13.6. The SMILES string of the molecule is O=Cc1ccc(OCC(=O)OCC(=O)Nc2ccc(Br)cc2F)cc1. The molecule has 0 aromatic heterocycles. The molecule has 0 heterocycles. The zero-order chi connectivity index (χ0) is 18.2. The Balaban J connectivity index is 1.75. The van der Waals surface area contributed by atoms with Crippen molar-refractivity contribution in [3.05, 3.63) is 58.3 Å². The van der Waals surface area contributed by atoms with Crippen LogP contribution in [0.3, 0.4) is 0 Å². The molecule has 0 unspecified atom stereocenters. The Hall–Kier alpha value is -2.74. The molecule has 0 bridgehead atoms. The molecule has 0 saturated carbocycles. The molecule has 0 aliphatic heterocycles. The second kappa shape index (κ2) is 8.93. The Morgan fingerprint density at radius 1 is 1.12 bits per heavy atom. The van der Waals surface area contributed by atoms with E-state index in [1.165, 1.54) is 36.4 Å². The van der Waals surface area contributed by atoms with Gasteiger partial charge in [-0.1, -0.05) is 15.9 Å². The predicted molar refractivity (Wildman–Crippen MR) is 91.0 cm³/mol. The van der Waals surface area contributed by atoms with Gasteiger partial charge in [0.25, 0.3) is 5.91 Å². The number of aldehydes is 1. The Kier molecular flexibility index (Phi) is 6.64. The number of nitrogens with one attached hydrogen (secondary N) is 1. The summed E-state index contributed by atoms with van der Waals surface area (Å²) >= 11 is 3.10. The van der Waals surface area contributed by atoms with Crippen LogP contribution in [-0.2, 0) is 14.3 Å². The van der Waals surface area contributed by atoms with Crippen LogP contribution in [0.25, 0.3) is 0 Å². The molecule has 0 radical (unpaired) electrons. The molecule has 0 aliphatic rings. The van der Waals surface area contributed by atoms with E-state index in [1.54, 1.807) is 6.07 Å². The monoisotopic (exact) mass is 409 g/mol. The van der Waals surface area contributed by atoms with Gasteiger partial charge in [0, 0.05) is 10.0 Å². The number of hydrogen-bond acceptors (Lipinski definition) is 5. The van der Waals surface area contributed by atoms with E-state index in [0.717, 1.165) is 0 Å². The molecule has 6 nitrogen and oxygen atoms in total. The lowest BCUT2D eigenvalue weighted by atomic mass is 10.2. The molecule has 0 saturated heterocycles. The molecule has 8 heteroatoms. The highest BCUT2D eigenvalue weighted by atomic mass is 79.9. The van der Waals surface area contributed by atoms with E-state index in [2.05, 4.69) is 21.2 Å². The van der Waals surface area contributed by atoms with Gasteiger partial charge in [0.1, 0.15) is 17.9 Å². The number of esters is 1. The molecule has 0 fully saturated rings. The molecule has 1 amide bonds. The van der Waals surface area contributed by atoms with Gasteiger partial charge in [-0.3, -0.25) is 9.59 Å². The maximum atomic E-state index is 13.6. The van der Waals surface area contributed by atoms with Crippen molar-refractivity contribution in [3.63, 3.8) is 0 Å². The molecule has 0 aliphatic carbocycles. The van der Waals surface area contributed by atoms with Crippen molar-refractivity contribution in [2.24, 2.45) is 0 Å². The second-order valence-corrected chi connectivity index (χ2v) is 5.72. The van der Waals surface area contributed by atoms with Crippen molar-refractivity contribution in [1.29, 1.82) is 0 Å². The standard InChI is InChI=1S/C17H13BrFNO5/c18-12-3-6-15(14(19)7-12)20-16(22)9-25-17(23)10-24-13-4-1-11(8-21)2-5-13/h1-8H,9-10H2,(H,20,22). The minimum absolute atomic E-state index is 0.0178. The summed E-state index contributed by atoms with van der Waals surface area (Å²) in [5, 5.41) is 2.29. The lowest BCUT2D eigenvalue weighted by molar-refractivity contribution is -0.149. The van der Waals surface area contributed by atoms with Crippen molar-refractivity contribution in [2.75, 3.05) is 18.5 Å². The van der Waals surface area contributed by atoms with Gasteiger partial charge in [0.05, 0.1) is 5.69 Å². The molecule has 2 aromatic rings. The van der Waals surface area contributed by atoms with Crippen molar-refractivity contribution < 1.29 is 28.2 Å². The number of ether oxygens (including phenoxy) is 2. The number of rotatable bonds is 7. The lowest BCUT2D eigenvalue weighted by Crippen LogP contribution is -2.24. The lowest BCUT2D eigenvalue weighted by Gasteiger charge is -2.08. The molecule has 2 aromatic carbocycles. The first-order chi connectivity index (χ1) is 12.0. The smallest absolute Gasteiger partial charge is 0.344 e. The van der Waals surface area contributed by atoms with Gasteiger partial charge in [-0.25, -0.2) is 9.18 Å². The van der Waals surface area contributed by atoms with Crippen molar-refractivity contribution in [1.82, 2.24) is 0 Å². The average molecular weight is 410 g/mol. The number of hydrogen-bond donors (Lipinski definition) is 1. The maximum Gasteiger partial charge on any atom is 0.344 e. The Bertz CT molecular complexity index is 779. The largest absolute Gasteiger partial charge is 0.482 e.